The lowest BCUT2D eigenvalue weighted by Gasteiger charge is -2.17. The predicted octanol–water partition coefficient (Wildman–Crippen LogP) is 3.65. The molecule has 30 heavy (non-hydrogen) atoms. The van der Waals surface area contributed by atoms with E-state index in [1.807, 2.05) is 6.07 Å². The second kappa shape index (κ2) is 11.2. The van der Waals surface area contributed by atoms with Gasteiger partial charge in [-0.3, -0.25) is 4.79 Å². The summed E-state index contributed by atoms with van der Waals surface area (Å²) in [6.07, 6.45) is 6.13. The third kappa shape index (κ3) is 5.95. The van der Waals surface area contributed by atoms with E-state index in [4.69, 9.17) is 10.8 Å². The highest BCUT2D eigenvalue weighted by Gasteiger charge is 2.18. The van der Waals surface area contributed by atoms with E-state index in [2.05, 4.69) is 18.5 Å². The normalized spacial score (nSPS) is 11.7. The maximum Gasteiger partial charge on any atom is 0.241 e. The molecule has 6 N–H and O–H groups in total. The Kier molecular flexibility index (Phi) is 8.65. The van der Waals surface area contributed by atoms with Crippen LogP contribution in [-0.4, -0.2) is 33.9 Å². The average molecular weight is 411 g/mol. The van der Waals surface area contributed by atoms with Crippen LogP contribution >= 0.6 is 0 Å². The molecule has 6 heteroatoms. The van der Waals surface area contributed by atoms with Crippen LogP contribution in [0.1, 0.15) is 30.4 Å². The third-order valence-electron chi connectivity index (χ3n) is 4.82. The maximum absolute atomic E-state index is 12.5. The van der Waals surface area contributed by atoms with Gasteiger partial charge in [-0.15, -0.1) is 13.2 Å². The lowest BCUT2D eigenvalue weighted by atomic mass is 9.96. The minimum Gasteiger partial charge on any atom is -0.508 e. The topological polar surface area (TPSA) is 116 Å². The van der Waals surface area contributed by atoms with Gasteiger partial charge in [0.2, 0.25) is 5.91 Å². The van der Waals surface area contributed by atoms with Crippen LogP contribution in [-0.2, 0) is 17.6 Å². The van der Waals surface area contributed by atoms with Gasteiger partial charge in [0.25, 0.3) is 0 Å². The number of benzene rings is 2. The number of hydrogen-bond donors (Lipinski definition) is 5. The lowest BCUT2D eigenvalue weighted by Crippen LogP contribution is -2.35. The van der Waals surface area contributed by atoms with Crippen molar-refractivity contribution < 1.29 is 20.1 Å². The Bertz CT molecular complexity index is 908. The Morgan fingerprint density at radius 2 is 1.83 bits per heavy atom. The van der Waals surface area contributed by atoms with Crippen LogP contribution < -0.4 is 11.1 Å². The van der Waals surface area contributed by atoms with Crippen LogP contribution in [0.3, 0.4) is 0 Å². The third-order valence-corrected chi connectivity index (χ3v) is 4.82. The molecule has 0 aliphatic heterocycles. The van der Waals surface area contributed by atoms with Gasteiger partial charge in [0.1, 0.15) is 11.5 Å². The molecule has 0 unspecified atom stereocenters. The number of phenols is 2. The number of aliphatic hydroxyl groups excluding tert-OH is 1. The fourth-order valence-corrected chi connectivity index (χ4v) is 3.20. The second-order valence-electron chi connectivity index (χ2n) is 7.18. The highest BCUT2D eigenvalue weighted by Crippen LogP contribution is 2.38. The van der Waals surface area contributed by atoms with Crippen LogP contribution in [0.4, 0.5) is 5.69 Å². The molecule has 1 amide bonds. The summed E-state index contributed by atoms with van der Waals surface area (Å²) in [6.45, 7) is 7.52. The molecule has 0 heterocycles. The van der Waals surface area contributed by atoms with E-state index in [9.17, 15) is 15.0 Å². The van der Waals surface area contributed by atoms with Gasteiger partial charge >= 0.3 is 0 Å². The smallest absolute Gasteiger partial charge is 0.241 e. The molecule has 0 saturated heterocycles. The molecule has 0 bridgehead atoms. The monoisotopic (exact) mass is 410 g/mol. The average Bonchev–Trinajstić information content (AvgIpc) is 2.72. The fraction of sp³-hybridized carbons (Fsp3) is 0.292. The summed E-state index contributed by atoms with van der Waals surface area (Å²) < 4.78 is 0. The SMILES string of the molecule is C=CCc1cc(NC(=O)[C@@H](N)CCCCO)c(O)c(-c2ccc(O)c(CC=C)c2)c1. The first-order valence-corrected chi connectivity index (χ1v) is 9.98. The number of carbonyl (C=O) groups excluding carboxylic acids is 1. The van der Waals surface area contributed by atoms with Crippen molar-refractivity contribution in [1.82, 2.24) is 0 Å². The number of phenolic OH excluding ortho intramolecular Hbond substituents is 2. The van der Waals surface area contributed by atoms with Crippen LogP contribution in [0.25, 0.3) is 11.1 Å². The summed E-state index contributed by atoms with van der Waals surface area (Å²) >= 11 is 0. The number of rotatable bonds is 11. The van der Waals surface area contributed by atoms with Crippen LogP contribution in [0.5, 0.6) is 11.5 Å². The summed E-state index contributed by atoms with van der Waals surface area (Å²) in [5.41, 5.74) is 9.00. The van der Waals surface area contributed by atoms with Gasteiger partial charge in [0.15, 0.2) is 0 Å². The second-order valence-corrected chi connectivity index (χ2v) is 7.18. The van der Waals surface area contributed by atoms with Crippen molar-refractivity contribution in [3.8, 4) is 22.6 Å². The molecule has 0 spiro atoms. The highest BCUT2D eigenvalue weighted by atomic mass is 16.3. The Morgan fingerprint density at radius 3 is 2.50 bits per heavy atom. The van der Waals surface area contributed by atoms with Crippen molar-refractivity contribution in [1.29, 1.82) is 0 Å². The highest BCUT2D eigenvalue weighted by molar-refractivity contribution is 5.97. The first-order chi connectivity index (χ1) is 14.4. The van der Waals surface area contributed by atoms with E-state index >= 15 is 0 Å². The zero-order valence-electron chi connectivity index (χ0n) is 17.1. The Morgan fingerprint density at radius 1 is 1.10 bits per heavy atom. The Balaban J connectivity index is 2.40. The zero-order valence-corrected chi connectivity index (χ0v) is 17.1. The molecule has 0 saturated carbocycles. The predicted molar refractivity (Wildman–Crippen MR) is 121 cm³/mol. The minimum atomic E-state index is -0.740. The van der Waals surface area contributed by atoms with Crippen molar-refractivity contribution in [2.75, 3.05) is 11.9 Å². The molecule has 2 aromatic carbocycles. The van der Waals surface area contributed by atoms with E-state index in [1.165, 1.54) is 0 Å². The molecular formula is C24H30N2O4. The number of allylic oxidation sites excluding steroid dienone is 2. The van der Waals surface area contributed by atoms with Gasteiger partial charge in [-0.1, -0.05) is 18.2 Å². The number of nitrogens with one attached hydrogen (secondary N) is 1. The summed E-state index contributed by atoms with van der Waals surface area (Å²) in [6, 6.07) is 7.86. The fourth-order valence-electron chi connectivity index (χ4n) is 3.20. The van der Waals surface area contributed by atoms with Crippen molar-refractivity contribution in [3.05, 3.63) is 66.8 Å². The molecule has 6 nitrogen and oxygen atoms in total. The molecule has 1 atom stereocenters. The Labute approximate surface area is 177 Å². The quantitative estimate of drug-likeness (QED) is 0.220. The van der Waals surface area contributed by atoms with E-state index in [-0.39, 0.29) is 23.8 Å². The van der Waals surface area contributed by atoms with Crippen molar-refractivity contribution in [2.45, 2.75) is 38.1 Å². The summed E-state index contributed by atoms with van der Waals surface area (Å²) in [5.74, 6) is -0.320. The van der Waals surface area contributed by atoms with Crippen molar-refractivity contribution in [3.63, 3.8) is 0 Å². The molecule has 0 fully saturated rings. The summed E-state index contributed by atoms with van der Waals surface area (Å²) in [7, 11) is 0. The van der Waals surface area contributed by atoms with Gasteiger partial charge < -0.3 is 26.4 Å². The molecule has 0 aliphatic carbocycles. The number of aromatic hydroxyl groups is 2. The molecule has 0 aromatic heterocycles. The van der Waals surface area contributed by atoms with E-state index < -0.39 is 11.9 Å². The summed E-state index contributed by atoms with van der Waals surface area (Å²) in [4.78, 5) is 12.5. The zero-order chi connectivity index (χ0) is 22.1. The van der Waals surface area contributed by atoms with Gasteiger partial charge in [0, 0.05) is 12.2 Å². The van der Waals surface area contributed by atoms with Gasteiger partial charge in [-0.05, 0) is 73.1 Å². The maximum atomic E-state index is 12.5. The standard InChI is InChI=1S/C24H30N2O4/c1-3-7-16-13-19(17-10-11-22(28)18(15-17)8-4-2)23(29)21(14-16)26-24(30)20(25)9-5-6-12-27/h3-4,10-11,13-15,20,27-29H,1-2,5-9,12,25H2,(H,26,30)/t20-/m0/s1. The van der Waals surface area contributed by atoms with E-state index in [1.54, 1.807) is 36.4 Å². The van der Waals surface area contributed by atoms with Crippen molar-refractivity contribution in [2.24, 2.45) is 5.73 Å². The molecule has 0 radical (unpaired) electrons. The molecule has 2 rings (SSSR count). The number of carbonyl (C=O) groups is 1. The van der Waals surface area contributed by atoms with Gasteiger partial charge in [0.05, 0.1) is 11.7 Å². The lowest BCUT2D eigenvalue weighted by molar-refractivity contribution is -0.117. The molecule has 160 valence electrons. The van der Waals surface area contributed by atoms with Crippen LogP contribution in [0, 0.1) is 0 Å². The number of hydrogen-bond acceptors (Lipinski definition) is 5. The van der Waals surface area contributed by atoms with Crippen LogP contribution in [0.2, 0.25) is 0 Å². The van der Waals surface area contributed by atoms with Gasteiger partial charge in [-0.25, -0.2) is 0 Å². The number of anilines is 1. The first-order valence-electron chi connectivity index (χ1n) is 9.98. The van der Waals surface area contributed by atoms with Crippen LogP contribution in [0.15, 0.2) is 55.6 Å². The number of amides is 1. The van der Waals surface area contributed by atoms with E-state index in [0.717, 1.165) is 5.56 Å². The van der Waals surface area contributed by atoms with Crippen molar-refractivity contribution >= 4 is 11.6 Å². The molecule has 0 aliphatic rings. The Hall–Kier alpha value is -3.09. The molecular weight excluding hydrogens is 380 g/mol. The minimum absolute atomic E-state index is 0.0581. The number of unbranched alkanes of at least 4 members (excludes halogenated alkanes) is 1. The van der Waals surface area contributed by atoms with E-state index in [0.29, 0.717) is 48.8 Å². The summed E-state index contributed by atoms with van der Waals surface area (Å²) in [5, 5.41) is 32.5. The van der Waals surface area contributed by atoms with Gasteiger partial charge in [-0.2, -0.15) is 0 Å². The number of nitrogens with two attached hydrogens (primary N) is 1. The number of aliphatic hydroxyl groups is 1. The first kappa shape index (κ1) is 23.2. The largest absolute Gasteiger partial charge is 0.508 e. The molecule has 2 aromatic rings.